The van der Waals surface area contributed by atoms with Gasteiger partial charge in [-0.05, 0) is 35.5 Å². The van der Waals surface area contributed by atoms with E-state index in [0.717, 1.165) is 22.2 Å². The first-order valence-corrected chi connectivity index (χ1v) is 7.72. The Kier molecular flexibility index (Phi) is 4.39. The number of carbonyl (C=O) groups excluding carboxylic acids is 2. The molecule has 3 nitrogen and oxygen atoms in total. The summed E-state index contributed by atoms with van der Waals surface area (Å²) in [5, 5.41) is -0.500. The van der Waals surface area contributed by atoms with Crippen LogP contribution in [0.3, 0.4) is 0 Å². The minimum absolute atomic E-state index is 0.0227. The Bertz CT molecular complexity index is 815. The molecule has 3 rings (SSSR count). The standard InChI is InChI=1S/C18H12FNO2S/c19-14-10-4-5-11-15(14)20-17(21)16(23-18(20)22)12-6-9-13-7-2-1-3-8-13/h1-12H/b9-6+,16-12-. The van der Waals surface area contributed by atoms with Crippen LogP contribution in [0.1, 0.15) is 5.56 Å². The Hall–Kier alpha value is -2.66. The third-order valence-electron chi connectivity index (χ3n) is 3.22. The molecule has 2 aromatic carbocycles. The van der Waals surface area contributed by atoms with E-state index in [2.05, 4.69) is 0 Å². The van der Waals surface area contributed by atoms with E-state index in [-0.39, 0.29) is 10.6 Å². The predicted molar refractivity (Wildman–Crippen MR) is 90.4 cm³/mol. The van der Waals surface area contributed by atoms with Crippen LogP contribution in [0.4, 0.5) is 14.9 Å². The first-order chi connectivity index (χ1) is 11.2. The lowest BCUT2D eigenvalue weighted by Gasteiger charge is -2.12. The van der Waals surface area contributed by atoms with Gasteiger partial charge in [-0.2, -0.15) is 0 Å². The van der Waals surface area contributed by atoms with Crippen molar-refractivity contribution in [1.82, 2.24) is 0 Å². The maximum absolute atomic E-state index is 13.8. The Morgan fingerprint density at radius 1 is 0.957 bits per heavy atom. The third kappa shape index (κ3) is 3.24. The van der Waals surface area contributed by atoms with Crippen LogP contribution < -0.4 is 4.90 Å². The van der Waals surface area contributed by atoms with E-state index in [4.69, 9.17) is 0 Å². The Labute approximate surface area is 137 Å². The van der Waals surface area contributed by atoms with Gasteiger partial charge >= 0.3 is 0 Å². The molecule has 1 fully saturated rings. The largest absolute Gasteiger partial charge is 0.298 e. The highest BCUT2D eigenvalue weighted by atomic mass is 32.2. The van der Waals surface area contributed by atoms with E-state index < -0.39 is 17.0 Å². The molecule has 1 aliphatic rings. The average Bonchev–Trinajstić information content (AvgIpc) is 2.83. The number of hydrogen-bond donors (Lipinski definition) is 0. The van der Waals surface area contributed by atoms with Crippen molar-refractivity contribution in [2.24, 2.45) is 0 Å². The zero-order chi connectivity index (χ0) is 16.2. The molecule has 2 aromatic rings. The number of para-hydroxylation sites is 1. The zero-order valence-corrected chi connectivity index (χ0v) is 12.8. The molecule has 0 radical (unpaired) electrons. The van der Waals surface area contributed by atoms with Crippen molar-refractivity contribution in [1.29, 1.82) is 0 Å². The molecule has 2 amide bonds. The monoisotopic (exact) mass is 325 g/mol. The minimum atomic E-state index is -0.601. The molecule has 0 unspecified atom stereocenters. The molecule has 0 aliphatic carbocycles. The highest BCUT2D eigenvalue weighted by Gasteiger charge is 2.37. The fourth-order valence-electron chi connectivity index (χ4n) is 2.13. The Morgan fingerprint density at radius 2 is 1.65 bits per heavy atom. The third-order valence-corrected chi connectivity index (χ3v) is 4.11. The van der Waals surface area contributed by atoms with Crippen molar-refractivity contribution in [3.8, 4) is 0 Å². The fourth-order valence-corrected chi connectivity index (χ4v) is 2.92. The van der Waals surface area contributed by atoms with Crippen molar-refractivity contribution in [2.75, 3.05) is 4.90 Å². The summed E-state index contributed by atoms with van der Waals surface area (Å²) in [5.74, 6) is -1.11. The summed E-state index contributed by atoms with van der Waals surface area (Å²) in [4.78, 5) is 25.5. The SMILES string of the molecule is O=C1S/C(=C\C=C\c2ccccc2)C(=O)N1c1ccccc1F. The average molecular weight is 325 g/mol. The van der Waals surface area contributed by atoms with Crippen LogP contribution in [0.25, 0.3) is 6.08 Å². The van der Waals surface area contributed by atoms with E-state index >= 15 is 0 Å². The van der Waals surface area contributed by atoms with Crippen molar-refractivity contribution >= 4 is 34.7 Å². The molecular formula is C18H12FNO2S. The molecule has 1 aliphatic heterocycles. The second-order valence-electron chi connectivity index (χ2n) is 4.76. The molecular weight excluding hydrogens is 313 g/mol. The van der Waals surface area contributed by atoms with E-state index in [1.165, 1.54) is 18.2 Å². The summed E-state index contributed by atoms with van der Waals surface area (Å²) < 4.78 is 13.8. The van der Waals surface area contributed by atoms with Crippen molar-refractivity contribution in [3.63, 3.8) is 0 Å². The van der Waals surface area contributed by atoms with Gasteiger partial charge in [-0.15, -0.1) is 0 Å². The highest BCUT2D eigenvalue weighted by molar-refractivity contribution is 8.18. The summed E-state index contributed by atoms with van der Waals surface area (Å²) in [7, 11) is 0. The van der Waals surface area contributed by atoms with Gasteiger partial charge in [0, 0.05) is 0 Å². The van der Waals surface area contributed by atoms with Crippen LogP contribution in [0.5, 0.6) is 0 Å². The molecule has 0 saturated carbocycles. The van der Waals surface area contributed by atoms with Crippen molar-refractivity contribution < 1.29 is 14.0 Å². The van der Waals surface area contributed by atoms with Crippen molar-refractivity contribution in [3.05, 3.63) is 83.0 Å². The quantitative estimate of drug-likeness (QED) is 0.773. The van der Waals surface area contributed by atoms with Crippen LogP contribution in [-0.2, 0) is 4.79 Å². The van der Waals surface area contributed by atoms with Gasteiger partial charge in [-0.1, -0.05) is 54.6 Å². The number of anilines is 1. The minimum Gasteiger partial charge on any atom is -0.268 e. The van der Waals surface area contributed by atoms with Crippen LogP contribution in [0.2, 0.25) is 0 Å². The number of amides is 2. The Balaban J connectivity index is 1.83. The fraction of sp³-hybridized carbons (Fsp3) is 0. The number of hydrogen-bond acceptors (Lipinski definition) is 3. The molecule has 1 heterocycles. The van der Waals surface area contributed by atoms with E-state index in [1.54, 1.807) is 18.2 Å². The first-order valence-electron chi connectivity index (χ1n) is 6.91. The van der Waals surface area contributed by atoms with Gasteiger partial charge < -0.3 is 0 Å². The maximum atomic E-state index is 13.8. The van der Waals surface area contributed by atoms with Gasteiger partial charge in [0.1, 0.15) is 5.82 Å². The highest BCUT2D eigenvalue weighted by Crippen LogP contribution is 2.35. The van der Waals surface area contributed by atoms with Gasteiger partial charge in [-0.25, -0.2) is 9.29 Å². The van der Waals surface area contributed by atoms with Crippen LogP contribution >= 0.6 is 11.8 Å². The molecule has 23 heavy (non-hydrogen) atoms. The summed E-state index contributed by atoms with van der Waals surface area (Å²) in [6.45, 7) is 0. The molecule has 5 heteroatoms. The number of halogens is 1. The second kappa shape index (κ2) is 6.62. The number of imide groups is 1. The second-order valence-corrected chi connectivity index (χ2v) is 5.75. The molecule has 0 aromatic heterocycles. The Morgan fingerprint density at radius 3 is 2.39 bits per heavy atom. The lowest BCUT2D eigenvalue weighted by Crippen LogP contribution is -2.28. The lowest BCUT2D eigenvalue weighted by atomic mass is 10.2. The van der Waals surface area contributed by atoms with E-state index in [9.17, 15) is 14.0 Å². The summed E-state index contributed by atoms with van der Waals surface area (Å²) in [5.41, 5.74) is 0.961. The van der Waals surface area contributed by atoms with E-state index in [1.807, 2.05) is 36.4 Å². The van der Waals surface area contributed by atoms with Gasteiger partial charge in [0.2, 0.25) is 0 Å². The maximum Gasteiger partial charge on any atom is 0.298 e. The molecule has 0 bridgehead atoms. The molecule has 0 atom stereocenters. The van der Waals surface area contributed by atoms with Crippen LogP contribution in [0.15, 0.2) is 71.7 Å². The summed E-state index contributed by atoms with van der Waals surface area (Å²) in [6, 6.07) is 15.3. The van der Waals surface area contributed by atoms with Gasteiger partial charge in [0.15, 0.2) is 0 Å². The zero-order valence-electron chi connectivity index (χ0n) is 12.0. The smallest absolute Gasteiger partial charge is 0.268 e. The molecule has 0 spiro atoms. The lowest BCUT2D eigenvalue weighted by molar-refractivity contribution is -0.113. The first kappa shape index (κ1) is 15.2. The van der Waals surface area contributed by atoms with Crippen LogP contribution in [0, 0.1) is 5.82 Å². The summed E-state index contributed by atoms with van der Waals surface area (Å²) in [6.07, 6.45) is 5.10. The number of allylic oxidation sites excluding steroid dienone is 2. The van der Waals surface area contributed by atoms with Gasteiger partial charge in [0.25, 0.3) is 11.1 Å². The predicted octanol–water partition coefficient (Wildman–Crippen LogP) is 4.62. The molecule has 0 N–H and O–H groups in total. The van der Waals surface area contributed by atoms with E-state index in [0.29, 0.717) is 0 Å². The number of nitrogens with zero attached hydrogens (tertiary/aromatic N) is 1. The van der Waals surface area contributed by atoms with Gasteiger partial charge in [0.05, 0.1) is 10.6 Å². The topological polar surface area (TPSA) is 37.4 Å². The number of benzene rings is 2. The molecule has 114 valence electrons. The van der Waals surface area contributed by atoms with Crippen LogP contribution in [-0.4, -0.2) is 11.1 Å². The molecule has 1 saturated heterocycles. The summed E-state index contributed by atoms with van der Waals surface area (Å²) >= 11 is 0.801. The number of carbonyl (C=O) groups is 2. The van der Waals surface area contributed by atoms with Gasteiger partial charge in [-0.3, -0.25) is 9.59 Å². The normalized spacial score (nSPS) is 16.7. The number of rotatable bonds is 3. The number of thioether (sulfide) groups is 1. The van der Waals surface area contributed by atoms with Crippen molar-refractivity contribution in [2.45, 2.75) is 0 Å².